The zero-order valence-electron chi connectivity index (χ0n) is 10.4. The van der Waals surface area contributed by atoms with E-state index in [2.05, 4.69) is 30.1 Å². The van der Waals surface area contributed by atoms with Crippen molar-refractivity contribution >= 4 is 0 Å². The summed E-state index contributed by atoms with van der Waals surface area (Å²) in [6.45, 7) is 7.04. The smallest absolute Gasteiger partial charge is 0.0521 e. The Labute approximate surface area is 98.5 Å². The van der Waals surface area contributed by atoms with Gasteiger partial charge in [0.1, 0.15) is 0 Å². The third kappa shape index (κ3) is 5.12. The van der Waals surface area contributed by atoms with Crippen LogP contribution in [0.25, 0.3) is 0 Å². The topological polar surface area (TPSA) is 29.9 Å². The third-order valence-electron chi connectivity index (χ3n) is 2.70. The molecule has 1 atom stereocenters. The fourth-order valence-electron chi connectivity index (χ4n) is 1.71. The fraction of sp³-hybridized carbons (Fsp3) is 0.615. The highest BCUT2D eigenvalue weighted by atomic mass is 15.2. The Hall–Kier alpha value is -1.09. The van der Waals surface area contributed by atoms with Crippen LogP contribution in [-0.2, 0) is 13.5 Å². The second-order valence-corrected chi connectivity index (χ2v) is 4.35. The van der Waals surface area contributed by atoms with E-state index in [0.29, 0.717) is 6.04 Å². The lowest BCUT2D eigenvalue weighted by atomic mass is 10.1. The summed E-state index contributed by atoms with van der Waals surface area (Å²) in [7, 11) is 1.96. The van der Waals surface area contributed by atoms with Crippen molar-refractivity contribution in [3.63, 3.8) is 0 Å². The summed E-state index contributed by atoms with van der Waals surface area (Å²) in [6.07, 6.45) is 10.6. The average Bonchev–Trinajstić information content (AvgIpc) is 2.67. The lowest BCUT2D eigenvalue weighted by Crippen LogP contribution is -2.26. The van der Waals surface area contributed by atoms with E-state index < -0.39 is 0 Å². The van der Waals surface area contributed by atoms with E-state index in [1.807, 2.05) is 24.0 Å². The molecule has 0 fully saturated rings. The van der Waals surface area contributed by atoms with Gasteiger partial charge in [0.05, 0.1) is 6.20 Å². The van der Waals surface area contributed by atoms with E-state index in [-0.39, 0.29) is 0 Å². The van der Waals surface area contributed by atoms with Crippen molar-refractivity contribution in [1.82, 2.24) is 15.1 Å². The van der Waals surface area contributed by atoms with Gasteiger partial charge in [-0.3, -0.25) is 4.68 Å². The minimum Gasteiger partial charge on any atom is -0.314 e. The number of hydrogen-bond donors (Lipinski definition) is 1. The molecule has 0 saturated carbocycles. The van der Waals surface area contributed by atoms with Crippen LogP contribution in [-0.4, -0.2) is 22.4 Å². The van der Waals surface area contributed by atoms with Gasteiger partial charge in [0.25, 0.3) is 0 Å². The molecule has 0 radical (unpaired) electrons. The molecule has 3 heteroatoms. The fourth-order valence-corrected chi connectivity index (χ4v) is 1.71. The molecule has 1 aromatic rings. The second-order valence-electron chi connectivity index (χ2n) is 4.35. The predicted octanol–water partition coefficient (Wildman–Crippen LogP) is 2.30. The van der Waals surface area contributed by atoms with Crippen molar-refractivity contribution in [2.24, 2.45) is 7.05 Å². The van der Waals surface area contributed by atoms with Crippen LogP contribution in [0, 0.1) is 0 Å². The molecule has 90 valence electrons. The van der Waals surface area contributed by atoms with Gasteiger partial charge in [-0.25, -0.2) is 0 Å². The van der Waals surface area contributed by atoms with E-state index in [4.69, 9.17) is 0 Å². The number of allylic oxidation sites excluding steroid dienone is 1. The molecule has 0 aliphatic rings. The molecule has 16 heavy (non-hydrogen) atoms. The Morgan fingerprint density at radius 2 is 2.44 bits per heavy atom. The summed E-state index contributed by atoms with van der Waals surface area (Å²) >= 11 is 0. The number of rotatable bonds is 8. The highest BCUT2D eigenvalue weighted by Crippen LogP contribution is 2.01. The normalized spacial score (nSPS) is 12.6. The molecule has 0 bridgehead atoms. The maximum absolute atomic E-state index is 4.16. The van der Waals surface area contributed by atoms with Gasteiger partial charge < -0.3 is 5.32 Å². The minimum absolute atomic E-state index is 0.590. The molecule has 0 amide bonds. The molecule has 1 aromatic heterocycles. The Morgan fingerprint density at radius 1 is 1.62 bits per heavy atom. The van der Waals surface area contributed by atoms with Crippen LogP contribution >= 0.6 is 0 Å². The standard InChI is InChI=1S/C13H23N3/c1-4-5-7-12(2)14-9-6-8-13-10-15-16(3)11-13/h4,10-12,14H,1,5-9H2,2-3H3. The van der Waals surface area contributed by atoms with Gasteiger partial charge in [0, 0.05) is 19.3 Å². The molecule has 0 aliphatic carbocycles. The maximum Gasteiger partial charge on any atom is 0.0521 e. The second kappa shape index (κ2) is 7.23. The summed E-state index contributed by atoms with van der Waals surface area (Å²) in [4.78, 5) is 0. The van der Waals surface area contributed by atoms with E-state index >= 15 is 0 Å². The summed E-state index contributed by atoms with van der Waals surface area (Å²) in [5.74, 6) is 0. The summed E-state index contributed by atoms with van der Waals surface area (Å²) in [5, 5.41) is 7.68. The Kier molecular flexibility index (Phi) is 5.86. The first-order valence-electron chi connectivity index (χ1n) is 6.04. The van der Waals surface area contributed by atoms with Crippen LogP contribution in [0.5, 0.6) is 0 Å². The first-order valence-corrected chi connectivity index (χ1v) is 6.04. The molecular weight excluding hydrogens is 198 g/mol. The highest BCUT2D eigenvalue weighted by Gasteiger charge is 2.00. The quantitative estimate of drug-likeness (QED) is 0.539. The molecule has 3 nitrogen and oxygen atoms in total. The third-order valence-corrected chi connectivity index (χ3v) is 2.70. The molecule has 0 aliphatic heterocycles. The predicted molar refractivity (Wildman–Crippen MR) is 68.4 cm³/mol. The highest BCUT2D eigenvalue weighted by molar-refractivity contribution is 5.03. The van der Waals surface area contributed by atoms with Crippen LogP contribution in [0.15, 0.2) is 25.0 Å². The van der Waals surface area contributed by atoms with Gasteiger partial charge in [0.15, 0.2) is 0 Å². The van der Waals surface area contributed by atoms with Crippen LogP contribution in [0.1, 0.15) is 31.7 Å². The Morgan fingerprint density at radius 3 is 3.06 bits per heavy atom. The Bertz CT molecular complexity index is 304. The number of aromatic nitrogens is 2. The van der Waals surface area contributed by atoms with Crippen molar-refractivity contribution in [3.8, 4) is 0 Å². The van der Waals surface area contributed by atoms with Crippen LogP contribution in [0.2, 0.25) is 0 Å². The van der Waals surface area contributed by atoms with Gasteiger partial charge in [-0.1, -0.05) is 6.08 Å². The van der Waals surface area contributed by atoms with E-state index in [1.165, 1.54) is 18.4 Å². The zero-order valence-corrected chi connectivity index (χ0v) is 10.4. The molecule has 1 heterocycles. The van der Waals surface area contributed by atoms with Crippen LogP contribution in [0.4, 0.5) is 0 Å². The van der Waals surface area contributed by atoms with Gasteiger partial charge in [-0.2, -0.15) is 5.10 Å². The van der Waals surface area contributed by atoms with Gasteiger partial charge in [-0.05, 0) is 44.7 Å². The molecule has 0 saturated heterocycles. The van der Waals surface area contributed by atoms with Gasteiger partial charge >= 0.3 is 0 Å². The lowest BCUT2D eigenvalue weighted by molar-refractivity contribution is 0.510. The average molecular weight is 221 g/mol. The van der Waals surface area contributed by atoms with Crippen molar-refractivity contribution in [2.75, 3.05) is 6.54 Å². The summed E-state index contributed by atoms with van der Waals surface area (Å²) in [5.41, 5.74) is 1.32. The lowest BCUT2D eigenvalue weighted by Gasteiger charge is -2.11. The van der Waals surface area contributed by atoms with Crippen molar-refractivity contribution in [1.29, 1.82) is 0 Å². The largest absolute Gasteiger partial charge is 0.314 e. The maximum atomic E-state index is 4.16. The van der Waals surface area contributed by atoms with Crippen molar-refractivity contribution in [2.45, 2.75) is 38.6 Å². The number of aryl methyl sites for hydroxylation is 2. The molecule has 1 rings (SSSR count). The minimum atomic E-state index is 0.590. The first-order chi connectivity index (χ1) is 7.72. The molecule has 1 unspecified atom stereocenters. The SMILES string of the molecule is C=CCCC(C)NCCCc1cnn(C)c1. The van der Waals surface area contributed by atoms with E-state index in [1.54, 1.807) is 0 Å². The molecule has 0 aromatic carbocycles. The van der Waals surface area contributed by atoms with E-state index in [9.17, 15) is 0 Å². The monoisotopic (exact) mass is 221 g/mol. The number of nitrogens with zero attached hydrogens (tertiary/aromatic N) is 2. The zero-order chi connectivity index (χ0) is 11.8. The molecule has 0 spiro atoms. The molecular formula is C13H23N3. The first kappa shape index (κ1) is 13.0. The summed E-state index contributed by atoms with van der Waals surface area (Å²) in [6, 6.07) is 0.590. The van der Waals surface area contributed by atoms with Crippen molar-refractivity contribution < 1.29 is 0 Å². The molecule has 1 N–H and O–H groups in total. The van der Waals surface area contributed by atoms with Gasteiger partial charge in [-0.15, -0.1) is 6.58 Å². The van der Waals surface area contributed by atoms with E-state index in [0.717, 1.165) is 19.4 Å². The number of hydrogen-bond acceptors (Lipinski definition) is 2. The number of nitrogens with one attached hydrogen (secondary N) is 1. The Balaban J connectivity index is 2.05. The van der Waals surface area contributed by atoms with Crippen LogP contribution < -0.4 is 5.32 Å². The van der Waals surface area contributed by atoms with Crippen molar-refractivity contribution in [3.05, 3.63) is 30.6 Å². The van der Waals surface area contributed by atoms with Crippen LogP contribution in [0.3, 0.4) is 0 Å². The van der Waals surface area contributed by atoms with Gasteiger partial charge in [0.2, 0.25) is 0 Å². The summed E-state index contributed by atoms with van der Waals surface area (Å²) < 4.78 is 1.86.